The maximum absolute atomic E-state index is 13.2. The summed E-state index contributed by atoms with van der Waals surface area (Å²) in [5, 5.41) is 16.7. The van der Waals surface area contributed by atoms with E-state index in [2.05, 4.69) is 44.5 Å². The average molecular weight is 600 g/mol. The van der Waals surface area contributed by atoms with Gasteiger partial charge in [-0.3, -0.25) is 24.9 Å². The third kappa shape index (κ3) is 6.87. The molecule has 1 aromatic rings. The first-order chi connectivity index (χ1) is 19.6. The second-order valence-corrected chi connectivity index (χ2v) is 14.8. The SMILES string of the molecule is CC1(C)CC2CCNC3CCCC(N3)SNCC3CCC(n4ccc(OCCCC5(C(F)(F)F)CC5)n4)NC3N1C2. The molecular formula is C29H48F3N7OS. The third-order valence-electron chi connectivity index (χ3n) is 10.2. The zero-order chi connectivity index (χ0) is 28.7. The molecule has 4 bridgehead atoms. The van der Waals surface area contributed by atoms with Crippen LogP contribution in [0.1, 0.15) is 90.6 Å². The largest absolute Gasteiger partial charge is 0.477 e. The van der Waals surface area contributed by atoms with Gasteiger partial charge in [0.1, 0.15) is 6.17 Å². The van der Waals surface area contributed by atoms with E-state index in [1.807, 2.05) is 28.9 Å². The molecule has 41 heavy (non-hydrogen) atoms. The van der Waals surface area contributed by atoms with Gasteiger partial charge in [-0.25, -0.2) is 0 Å². The number of halogens is 3. The first-order valence-electron chi connectivity index (χ1n) is 15.8. The molecule has 4 N–H and O–H groups in total. The number of hydrogen-bond donors (Lipinski definition) is 4. The van der Waals surface area contributed by atoms with Gasteiger partial charge >= 0.3 is 6.18 Å². The molecule has 4 saturated heterocycles. The maximum Gasteiger partial charge on any atom is 0.394 e. The molecule has 8 nitrogen and oxygen atoms in total. The minimum atomic E-state index is -4.10. The van der Waals surface area contributed by atoms with Crippen molar-refractivity contribution in [3.8, 4) is 5.88 Å². The van der Waals surface area contributed by atoms with Crippen LogP contribution >= 0.6 is 11.9 Å². The van der Waals surface area contributed by atoms with Gasteiger partial charge in [0.15, 0.2) is 0 Å². The van der Waals surface area contributed by atoms with E-state index < -0.39 is 11.6 Å². The minimum absolute atomic E-state index is 0.0531. The van der Waals surface area contributed by atoms with E-state index in [4.69, 9.17) is 4.74 Å². The minimum Gasteiger partial charge on any atom is -0.477 e. The van der Waals surface area contributed by atoms with Crippen molar-refractivity contribution in [1.29, 1.82) is 0 Å². The predicted octanol–water partition coefficient (Wildman–Crippen LogP) is 4.97. The Kier molecular flexibility index (Phi) is 8.89. The first kappa shape index (κ1) is 30.0. The molecule has 4 aliphatic heterocycles. The molecule has 12 heteroatoms. The highest BCUT2D eigenvalue weighted by Crippen LogP contribution is 2.60. The van der Waals surface area contributed by atoms with Crippen LogP contribution in [0, 0.1) is 17.3 Å². The van der Waals surface area contributed by atoms with Crippen molar-refractivity contribution in [2.24, 2.45) is 17.3 Å². The summed E-state index contributed by atoms with van der Waals surface area (Å²) >= 11 is 1.85. The zero-order valence-electron chi connectivity index (χ0n) is 24.5. The highest BCUT2D eigenvalue weighted by Gasteiger charge is 2.62. The van der Waals surface area contributed by atoms with Gasteiger partial charge in [0.25, 0.3) is 0 Å². The van der Waals surface area contributed by atoms with E-state index in [9.17, 15) is 13.2 Å². The van der Waals surface area contributed by atoms with Crippen LogP contribution in [0.3, 0.4) is 0 Å². The smallest absolute Gasteiger partial charge is 0.394 e. The normalized spacial score (nSPS) is 37.1. The zero-order valence-corrected chi connectivity index (χ0v) is 25.3. The van der Waals surface area contributed by atoms with Crippen molar-refractivity contribution in [1.82, 2.24) is 35.4 Å². The predicted molar refractivity (Wildman–Crippen MR) is 155 cm³/mol. The highest BCUT2D eigenvalue weighted by atomic mass is 32.2. The number of alkyl halides is 3. The number of nitrogens with zero attached hydrogens (tertiary/aromatic N) is 3. The Hall–Kier alpha value is -1.05. The number of rotatable bonds is 6. The summed E-state index contributed by atoms with van der Waals surface area (Å²) in [5.74, 6) is 1.64. The van der Waals surface area contributed by atoms with Gasteiger partial charge in [-0.2, -0.15) is 13.2 Å². The van der Waals surface area contributed by atoms with Crippen LogP contribution in [-0.2, 0) is 0 Å². The molecule has 0 spiro atoms. The molecule has 1 aliphatic carbocycles. The van der Waals surface area contributed by atoms with Gasteiger partial charge in [-0.15, -0.1) is 5.10 Å². The van der Waals surface area contributed by atoms with Gasteiger partial charge in [-0.05, 0) is 96.9 Å². The number of nitrogens with one attached hydrogen (secondary N) is 4. The molecule has 7 atom stereocenters. The van der Waals surface area contributed by atoms with Gasteiger partial charge < -0.3 is 10.1 Å². The van der Waals surface area contributed by atoms with Crippen LogP contribution in [0.5, 0.6) is 5.88 Å². The molecule has 5 heterocycles. The molecule has 1 aromatic heterocycles. The Morgan fingerprint density at radius 2 is 1.98 bits per heavy atom. The molecule has 0 amide bonds. The van der Waals surface area contributed by atoms with E-state index in [1.165, 1.54) is 32.1 Å². The summed E-state index contributed by atoms with van der Waals surface area (Å²) in [5.41, 5.74) is -1.36. The summed E-state index contributed by atoms with van der Waals surface area (Å²) in [6.07, 6.45) is 7.66. The van der Waals surface area contributed by atoms with Gasteiger partial charge in [-0.1, -0.05) is 11.9 Å². The molecule has 5 aliphatic rings. The Bertz CT molecular complexity index is 1020. The summed E-state index contributed by atoms with van der Waals surface area (Å²) < 4.78 is 51.1. The Labute approximate surface area is 246 Å². The average Bonchev–Trinajstić information content (AvgIpc) is 3.48. The van der Waals surface area contributed by atoms with E-state index >= 15 is 0 Å². The Morgan fingerprint density at radius 1 is 1.12 bits per heavy atom. The lowest BCUT2D eigenvalue weighted by molar-refractivity contribution is -0.189. The molecule has 6 rings (SSSR count). The fraction of sp³-hybridized carbons (Fsp3) is 0.897. The van der Waals surface area contributed by atoms with Crippen LogP contribution in [-0.4, -0.2) is 70.3 Å². The molecule has 1 saturated carbocycles. The summed E-state index contributed by atoms with van der Waals surface area (Å²) in [6, 6.07) is 1.84. The standard InChI is InChI=1S/C29H48F3N7OS/c1-27(2)17-20-9-14-33-22-5-3-6-25(35-22)41-34-18-21-7-8-23(36-26(21)38(27)19-20)39-15-10-24(37-39)40-16-4-11-28(12-13-28)29(30,31)32/h10,15,20-23,25-26,33-36H,3-9,11-14,16-19H2,1-2H3. The van der Waals surface area contributed by atoms with E-state index in [1.54, 1.807) is 0 Å². The summed E-state index contributed by atoms with van der Waals surface area (Å²) in [7, 11) is 0. The topological polar surface area (TPSA) is 78.4 Å². The quantitative estimate of drug-likeness (QED) is 0.270. The van der Waals surface area contributed by atoms with E-state index in [0.717, 1.165) is 32.5 Å². The third-order valence-corrected chi connectivity index (χ3v) is 11.2. The monoisotopic (exact) mass is 599 g/mol. The van der Waals surface area contributed by atoms with Gasteiger partial charge in [0, 0.05) is 36.8 Å². The second-order valence-electron chi connectivity index (χ2n) is 13.7. The Balaban J connectivity index is 1.08. The van der Waals surface area contributed by atoms with Crippen molar-refractivity contribution in [3.05, 3.63) is 12.3 Å². The van der Waals surface area contributed by atoms with Crippen molar-refractivity contribution in [2.75, 3.05) is 26.2 Å². The van der Waals surface area contributed by atoms with E-state index in [-0.39, 0.29) is 43.7 Å². The number of piperidine rings is 2. The lowest BCUT2D eigenvalue weighted by atomic mass is 9.90. The van der Waals surface area contributed by atoms with Crippen LogP contribution in [0.2, 0.25) is 0 Å². The molecule has 7 unspecified atom stereocenters. The number of fused-ring (bicyclic) bond motifs is 6. The maximum atomic E-state index is 13.2. The molecule has 232 valence electrons. The first-order valence-corrected chi connectivity index (χ1v) is 16.7. The van der Waals surface area contributed by atoms with Crippen LogP contribution in [0.4, 0.5) is 13.2 Å². The number of hydrogen-bond acceptors (Lipinski definition) is 8. The van der Waals surface area contributed by atoms with Gasteiger partial charge in [0.2, 0.25) is 5.88 Å². The fourth-order valence-electron chi connectivity index (χ4n) is 7.66. The van der Waals surface area contributed by atoms with Crippen molar-refractivity contribution < 1.29 is 17.9 Å². The van der Waals surface area contributed by atoms with Crippen molar-refractivity contribution in [3.63, 3.8) is 0 Å². The van der Waals surface area contributed by atoms with Crippen LogP contribution < -0.4 is 25.4 Å². The number of aromatic nitrogens is 2. The molecule has 5 fully saturated rings. The van der Waals surface area contributed by atoms with Crippen LogP contribution in [0.25, 0.3) is 0 Å². The lowest BCUT2D eigenvalue weighted by Gasteiger charge is -2.47. The van der Waals surface area contributed by atoms with Crippen LogP contribution in [0.15, 0.2) is 12.3 Å². The molecule has 0 aromatic carbocycles. The molecular weight excluding hydrogens is 551 g/mol. The molecule has 0 radical (unpaired) electrons. The van der Waals surface area contributed by atoms with Gasteiger partial charge in [0.05, 0.1) is 29.7 Å². The Morgan fingerprint density at radius 3 is 2.78 bits per heavy atom. The van der Waals surface area contributed by atoms with Crippen molar-refractivity contribution in [2.45, 2.75) is 120 Å². The van der Waals surface area contributed by atoms with E-state index in [0.29, 0.717) is 35.7 Å². The highest BCUT2D eigenvalue weighted by molar-refractivity contribution is 7.98. The fourth-order valence-corrected chi connectivity index (χ4v) is 8.69. The summed E-state index contributed by atoms with van der Waals surface area (Å²) in [6.45, 7) is 8.14. The summed E-state index contributed by atoms with van der Waals surface area (Å²) in [4.78, 5) is 2.71. The second kappa shape index (κ2) is 12.1. The van der Waals surface area contributed by atoms with Crippen molar-refractivity contribution >= 4 is 11.9 Å². The number of ether oxygens (including phenoxy) is 1. The lowest BCUT2D eigenvalue weighted by Crippen LogP contribution is -2.60.